The van der Waals surface area contributed by atoms with Crippen molar-refractivity contribution < 1.29 is 13.6 Å². The molecule has 0 aliphatic carbocycles. The number of halogens is 2. The second-order valence-electron chi connectivity index (χ2n) is 7.57. The van der Waals surface area contributed by atoms with Gasteiger partial charge in [-0.25, -0.2) is 28.1 Å². The Kier molecular flexibility index (Phi) is 4.89. The van der Waals surface area contributed by atoms with E-state index in [1.165, 1.54) is 27.9 Å². The Balaban J connectivity index is 1.28. The zero-order valence-electron chi connectivity index (χ0n) is 16.9. The number of urea groups is 1. The minimum atomic E-state index is -0.685. The molecule has 11 heteroatoms. The Morgan fingerprint density at radius 2 is 1.84 bits per heavy atom. The smallest absolute Gasteiger partial charge is 0.341 e. The SMILES string of the molecule is N#Cc1cnc2ccc(N3CCN(C(=O)N4N=CC[C@H]4c4cc(F)cc(F)c4)CC3)nn12. The molecule has 0 saturated carbocycles. The fraction of sp³-hybridized carbons (Fsp3) is 0.286. The predicted molar refractivity (Wildman–Crippen MR) is 111 cm³/mol. The van der Waals surface area contributed by atoms with Gasteiger partial charge in [-0.1, -0.05) is 0 Å². The number of nitriles is 1. The van der Waals surface area contributed by atoms with Gasteiger partial charge in [-0.3, -0.25) is 0 Å². The molecule has 9 nitrogen and oxygen atoms in total. The van der Waals surface area contributed by atoms with Gasteiger partial charge in [0.1, 0.15) is 23.5 Å². The van der Waals surface area contributed by atoms with Crippen LogP contribution in [0.25, 0.3) is 5.65 Å². The number of nitrogens with zero attached hydrogens (tertiary/aromatic N) is 8. The van der Waals surface area contributed by atoms with E-state index in [1.54, 1.807) is 17.2 Å². The van der Waals surface area contributed by atoms with Crippen LogP contribution in [0.5, 0.6) is 0 Å². The number of benzene rings is 1. The van der Waals surface area contributed by atoms with Crippen LogP contribution in [-0.2, 0) is 0 Å². The molecule has 0 unspecified atom stereocenters. The number of imidazole rings is 1. The minimum absolute atomic E-state index is 0.308. The molecule has 2 aliphatic heterocycles. The highest BCUT2D eigenvalue weighted by molar-refractivity contribution is 5.78. The summed E-state index contributed by atoms with van der Waals surface area (Å²) in [6, 6.07) is 8.10. The first-order chi connectivity index (χ1) is 15.5. The summed E-state index contributed by atoms with van der Waals surface area (Å²) in [6.07, 6.45) is 3.45. The molecule has 1 saturated heterocycles. The van der Waals surface area contributed by atoms with Crippen LogP contribution in [0.3, 0.4) is 0 Å². The number of hydrogen-bond donors (Lipinski definition) is 0. The third-order valence-corrected chi connectivity index (χ3v) is 5.63. The van der Waals surface area contributed by atoms with Gasteiger partial charge in [0.05, 0.1) is 12.2 Å². The van der Waals surface area contributed by atoms with Gasteiger partial charge in [0.2, 0.25) is 0 Å². The van der Waals surface area contributed by atoms with Gasteiger partial charge < -0.3 is 9.80 Å². The van der Waals surface area contributed by atoms with Crippen LogP contribution >= 0.6 is 0 Å². The van der Waals surface area contributed by atoms with Gasteiger partial charge in [0, 0.05) is 44.9 Å². The molecular weight excluding hydrogens is 418 g/mol. The summed E-state index contributed by atoms with van der Waals surface area (Å²) in [6.45, 7) is 1.95. The molecule has 1 fully saturated rings. The van der Waals surface area contributed by atoms with Crippen molar-refractivity contribution in [2.75, 3.05) is 31.1 Å². The second kappa shape index (κ2) is 7.88. The van der Waals surface area contributed by atoms with Crippen LogP contribution < -0.4 is 4.90 Å². The summed E-state index contributed by atoms with van der Waals surface area (Å²) in [5, 5.41) is 19.1. The second-order valence-corrected chi connectivity index (χ2v) is 7.57. The van der Waals surface area contributed by atoms with Crippen LogP contribution in [0, 0.1) is 23.0 Å². The van der Waals surface area contributed by atoms with E-state index < -0.39 is 17.7 Å². The van der Waals surface area contributed by atoms with Crippen LogP contribution in [-0.4, -0.2) is 62.9 Å². The van der Waals surface area contributed by atoms with Gasteiger partial charge in [-0.2, -0.15) is 10.4 Å². The number of carbonyl (C=O) groups is 1. The van der Waals surface area contributed by atoms with E-state index in [2.05, 4.69) is 21.3 Å². The summed E-state index contributed by atoms with van der Waals surface area (Å²) < 4.78 is 28.8. The van der Waals surface area contributed by atoms with E-state index >= 15 is 0 Å². The van der Waals surface area contributed by atoms with Crippen LogP contribution in [0.2, 0.25) is 0 Å². The minimum Gasteiger partial charge on any atom is -0.352 e. The molecule has 0 radical (unpaired) electrons. The molecule has 32 heavy (non-hydrogen) atoms. The van der Waals surface area contributed by atoms with Crippen molar-refractivity contribution in [3.63, 3.8) is 0 Å². The molecule has 0 N–H and O–H groups in total. The lowest BCUT2D eigenvalue weighted by Crippen LogP contribution is -2.52. The first-order valence-electron chi connectivity index (χ1n) is 10.1. The fourth-order valence-corrected chi connectivity index (χ4v) is 4.02. The Hall–Kier alpha value is -4.07. The van der Waals surface area contributed by atoms with Gasteiger partial charge in [0.15, 0.2) is 11.3 Å². The Bertz CT molecular complexity index is 1240. The molecule has 2 aliphatic rings. The number of piperazine rings is 1. The van der Waals surface area contributed by atoms with Crippen molar-refractivity contribution in [1.29, 1.82) is 5.26 Å². The summed E-state index contributed by atoms with van der Waals surface area (Å²) >= 11 is 0. The summed E-state index contributed by atoms with van der Waals surface area (Å²) in [5.41, 5.74) is 1.31. The zero-order chi connectivity index (χ0) is 22.2. The molecule has 2 amide bonds. The summed E-state index contributed by atoms with van der Waals surface area (Å²) in [7, 11) is 0. The molecule has 3 aromatic rings. The van der Waals surface area contributed by atoms with E-state index in [0.717, 1.165) is 6.07 Å². The number of rotatable bonds is 2. The Morgan fingerprint density at radius 3 is 2.56 bits per heavy atom. The number of hydrogen-bond acceptors (Lipinski definition) is 6. The van der Waals surface area contributed by atoms with Crippen LogP contribution in [0.15, 0.2) is 41.6 Å². The molecule has 0 bridgehead atoms. The number of anilines is 1. The molecule has 1 aromatic carbocycles. The van der Waals surface area contributed by atoms with E-state index in [1.807, 2.05) is 11.0 Å². The standard InChI is InChI=1S/C21H18F2N8O/c22-15-9-14(10-16(23)11-15)18-3-4-26-31(18)21(32)29-7-5-28(6-8-29)20-2-1-19-25-13-17(12-24)30(19)27-20/h1-2,4,9-11,13,18H,3,5-8H2/t18-/m0/s1. The molecule has 4 heterocycles. The third-order valence-electron chi connectivity index (χ3n) is 5.63. The van der Waals surface area contributed by atoms with Crippen molar-refractivity contribution in [3.05, 3.63) is 59.4 Å². The van der Waals surface area contributed by atoms with Gasteiger partial charge in [0.25, 0.3) is 0 Å². The first-order valence-corrected chi connectivity index (χ1v) is 10.1. The molecule has 1 atom stereocenters. The maximum atomic E-state index is 13.7. The normalized spacial score (nSPS) is 18.4. The fourth-order valence-electron chi connectivity index (χ4n) is 4.02. The van der Waals surface area contributed by atoms with Gasteiger partial charge in [-0.05, 0) is 29.8 Å². The summed E-state index contributed by atoms with van der Waals surface area (Å²) in [4.78, 5) is 20.9. The average Bonchev–Trinajstić information content (AvgIpc) is 3.45. The maximum absolute atomic E-state index is 13.7. The predicted octanol–water partition coefficient (Wildman–Crippen LogP) is 2.55. The van der Waals surface area contributed by atoms with Crippen molar-refractivity contribution in [3.8, 4) is 6.07 Å². The number of aromatic nitrogens is 3. The molecule has 2 aromatic heterocycles. The van der Waals surface area contributed by atoms with E-state index in [4.69, 9.17) is 0 Å². The highest BCUT2D eigenvalue weighted by Crippen LogP contribution is 2.30. The largest absolute Gasteiger partial charge is 0.352 e. The third kappa shape index (κ3) is 3.49. The average molecular weight is 436 g/mol. The van der Waals surface area contributed by atoms with Crippen molar-refractivity contribution in [1.82, 2.24) is 24.5 Å². The number of amides is 2. The van der Waals surface area contributed by atoms with Crippen LogP contribution in [0.4, 0.5) is 19.4 Å². The Labute approximate surface area is 181 Å². The Morgan fingerprint density at radius 1 is 1.09 bits per heavy atom. The van der Waals surface area contributed by atoms with Crippen molar-refractivity contribution in [2.45, 2.75) is 12.5 Å². The number of hydrazone groups is 1. The lowest BCUT2D eigenvalue weighted by Gasteiger charge is -2.37. The van der Waals surface area contributed by atoms with E-state index in [-0.39, 0.29) is 6.03 Å². The molecule has 0 spiro atoms. The first kappa shape index (κ1) is 19.9. The highest BCUT2D eigenvalue weighted by Gasteiger charge is 2.33. The van der Waals surface area contributed by atoms with Crippen LogP contribution in [0.1, 0.15) is 23.7 Å². The van der Waals surface area contributed by atoms with E-state index in [9.17, 15) is 18.8 Å². The van der Waals surface area contributed by atoms with Gasteiger partial charge >= 0.3 is 6.03 Å². The molecule has 162 valence electrons. The van der Waals surface area contributed by atoms with E-state index in [0.29, 0.717) is 55.3 Å². The van der Waals surface area contributed by atoms with Gasteiger partial charge in [-0.15, -0.1) is 5.10 Å². The molecular formula is C21H18F2N8O. The topological polar surface area (TPSA) is 93.1 Å². The highest BCUT2D eigenvalue weighted by atomic mass is 19.1. The number of fused-ring (bicyclic) bond motifs is 1. The maximum Gasteiger partial charge on any atom is 0.341 e. The lowest BCUT2D eigenvalue weighted by molar-refractivity contribution is 0.139. The van der Waals surface area contributed by atoms with Crippen molar-refractivity contribution >= 4 is 23.7 Å². The lowest BCUT2D eigenvalue weighted by atomic mass is 10.0. The quantitative estimate of drug-likeness (QED) is 0.616. The molecule has 5 rings (SSSR count). The van der Waals surface area contributed by atoms with Crippen molar-refractivity contribution in [2.24, 2.45) is 5.10 Å². The number of carbonyl (C=O) groups excluding carboxylic acids is 1. The zero-order valence-corrected chi connectivity index (χ0v) is 16.9. The monoisotopic (exact) mass is 436 g/mol. The summed E-state index contributed by atoms with van der Waals surface area (Å²) in [5.74, 6) is -0.684.